The zero-order valence-electron chi connectivity index (χ0n) is 14.6. The van der Waals surface area contributed by atoms with Crippen LogP contribution in [0.4, 0.5) is 0 Å². The number of morpholine rings is 1. The van der Waals surface area contributed by atoms with Gasteiger partial charge in [-0.15, -0.1) is 0 Å². The molecule has 134 valence electrons. The molecule has 7 heteroatoms. The predicted octanol–water partition coefficient (Wildman–Crippen LogP) is 3.31. The first-order valence-electron chi connectivity index (χ1n) is 8.46. The number of nitrogens with one attached hydrogen (secondary N) is 1. The van der Waals surface area contributed by atoms with Gasteiger partial charge in [-0.2, -0.15) is 5.10 Å². The molecule has 1 fully saturated rings. The number of carbonyl (C=O) groups is 1. The number of aryl methyl sites for hydroxylation is 1. The SMILES string of the molecule is Cc1n[nH]c2ncc(C(=O)N3CCO[C@@](C)(c4ccc(Cl)cc4)C3)cc12. The van der Waals surface area contributed by atoms with Gasteiger partial charge in [0, 0.05) is 23.2 Å². The van der Waals surface area contributed by atoms with Gasteiger partial charge in [0.05, 0.1) is 24.4 Å². The highest BCUT2D eigenvalue weighted by Crippen LogP contribution is 2.31. The molecule has 0 unspecified atom stereocenters. The zero-order valence-corrected chi connectivity index (χ0v) is 15.4. The topological polar surface area (TPSA) is 71.1 Å². The van der Waals surface area contributed by atoms with E-state index in [0.29, 0.717) is 35.9 Å². The van der Waals surface area contributed by atoms with Crippen molar-refractivity contribution in [3.63, 3.8) is 0 Å². The van der Waals surface area contributed by atoms with Crippen LogP contribution in [0.3, 0.4) is 0 Å². The standard InChI is InChI=1S/C19H19ClN4O2/c1-12-16-9-13(10-21-17(16)23-22-12)18(25)24-7-8-26-19(2,11-24)14-3-5-15(20)6-4-14/h3-6,9-10H,7-8,11H2,1-2H3,(H,21,22,23)/t19-/m1/s1. The summed E-state index contributed by atoms with van der Waals surface area (Å²) >= 11 is 5.99. The van der Waals surface area contributed by atoms with Crippen molar-refractivity contribution in [2.24, 2.45) is 0 Å². The van der Waals surface area contributed by atoms with E-state index < -0.39 is 5.60 Å². The molecule has 4 rings (SSSR count). The summed E-state index contributed by atoms with van der Waals surface area (Å²) in [5.41, 5.74) is 2.50. The van der Waals surface area contributed by atoms with E-state index in [-0.39, 0.29) is 5.91 Å². The molecule has 0 aliphatic carbocycles. The number of ether oxygens (including phenoxy) is 1. The Morgan fingerprint density at radius 3 is 2.88 bits per heavy atom. The van der Waals surface area contributed by atoms with Gasteiger partial charge in [-0.1, -0.05) is 23.7 Å². The molecule has 0 radical (unpaired) electrons. The molecule has 1 atom stereocenters. The lowest BCUT2D eigenvalue weighted by Crippen LogP contribution is -2.50. The van der Waals surface area contributed by atoms with Gasteiger partial charge in [-0.25, -0.2) is 4.98 Å². The Hall–Kier alpha value is -2.44. The first-order chi connectivity index (χ1) is 12.5. The van der Waals surface area contributed by atoms with E-state index in [1.807, 2.05) is 49.1 Å². The third-order valence-electron chi connectivity index (χ3n) is 4.87. The Kier molecular flexibility index (Phi) is 4.17. The van der Waals surface area contributed by atoms with E-state index in [0.717, 1.165) is 16.6 Å². The second kappa shape index (κ2) is 6.37. The zero-order chi connectivity index (χ0) is 18.3. The van der Waals surface area contributed by atoms with Crippen LogP contribution in [0, 0.1) is 6.92 Å². The summed E-state index contributed by atoms with van der Waals surface area (Å²) in [6.07, 6.45) is 1.59. The predicted molar refractivity (Wildman–Crippen MR) is 99.3 cm³/mol. The molecule has 6 nitrogen and oxygen atoms in total. The van der Waals surface area contributed by atoms with Crippen LogP contribution in [0.25, 0.3) is 11.0 Å². The Morgan fingerprint density at radius 2 is 2.12 bits per heavy atom. The van der Waals surface area contributed by atoms with Crippen LogP contribution in [-0.2, 0) is 10.3 Å². The van der Waals surface area contributed by atoms with Crippen LogP contribution < -0.4 is 0 Å². The molecular weight excluding hydrogens is 352 g/mol. The molecule has 1 aliphatic heterocycles. The minimum absolute atomic E-state index is 0.0523. The monoisotopic (exact) mass is 370 g/mol. The van der Waals surface area contributed by atoms with Crippen molar-refractivity contribution in [3.05, 3.63) is 58.4 Å². The van der Waals surface area contributed by atoms with E-state index >= 15 is 0 Å². The Labute approximate surface area is 156 Å². The van der Waals surface area contributed by atoms with Gasteiger partial charge in [0.25, 0.3) is 5.91 Å². The number of aromatic amines is 1. The van der Waals surface area contributed by atoms with Gasteiger partial charge in [-0.3, -0.25) is 9.89 Å². The van der Waals surface area contributed by atoms with E-state index in [2.05, 4.69) is 15.2 Å². The molecule has 0 saturated carbocycles. The molecule has 1 N–H and O–H groups in total. The third-order valence-corrected chi connectivity index (χ3v) is 5.12. The second-order valence-corrected chi connectivity index (χ2v) is 7.18. The lowest BCUT2D eigenvalue weighted by Gasteiger charge is -2.41. The summed E-state index contributed by atoms with van der Waals surface area (Å²) < 4.78 is 6.02. The first-order valence-corrected chi connectivity index (χ1v) is 8.84. The molecule has 1 aliphatic rings. The lowest BCUT2D eigenvalue weighted by atomic mass is 9.93. The normalized spacial score (nSPS) is 20.5. The molecule has 2 aromatic heterocycles. The lowest BCUT2D eigenvalue weighted by molar-refractivity contribution is -0.0930. The van der Waals surface area contributed by atoms with Crippen molar-refractivity contribution in [2.45, 2.75) is 19.4 Å². The number of hydrogen-bond donors (Lipinski definition) is 1. The molecule has 3 aromatic rings. The van der Waals surface area contributed by atoms with Gasteiger partial charge in [0.1, 0.15) is 5.60 Å². The smallest absolute Gasteiger partial charge is 0.255 e. The number of amides is 1. The van der Waals surface area contributed by atoms with Gasteiger partial charge >= 0.3 is 0 Å². The summed E-state index contributed by atoms with van der Waals surface area (Å²) in [7, 11) is 0. The maximum absolute atomic E-state index is 13.0. The first kappa shape index (κ1) is 17.0. The van der Waals surface area contributed by atoms with Crippen molar-refractivity contribution in [1.29, 1.82) is 0 Å². The summed E-state index contributed by atoms with van der Waals surface area (Å²) in [6.45, 7) is 5.38. The molecule has 0 spiro atoms. The quantitative estimate of drug-likeness (QED) is 0.751. The number of aromatic nitrogens is 3. The maximum Gasteiger partial charge on any atom is 0.255 e. The van der Waals surface area contributed by atoms with Crippen LogP contribution in [0.15, 0.2) is 36.5 Å². The van der Waals surface area contributed by atoms with E-state index in [1.54, 1.807) is 6.20 Å². The van der Waals surface area contributed by atoms with Crippen molar-refractivity contribution < 1.29 is 9.53 Å². The summed E-state index contributed by atoms with van der Waals surface area (Å²) in [5.74, 6) is -0.0523. The van der Waals surface area contributed by atoms with Gasteiger partial charge in [-0.05, 0) is 37.6 Å². The third kappa shape index (κ3) is 2.95. The number of pyridine rings is 1. The molecular formula is C19H19ClN4O2. The van der Waals surface area contributed by atoms with E-state index in [1.165, 1.54) is 0 Å². The van der Waals surface area contributed by atoms with Gasteiger partial charge in [0.15, 0.2) is 5.65 Å². The minimum Gasteiger partial charge on any atom is -0.367 e. The van der Waals surface area contributed by atoms with Crippen LogP contribution in [-0.4, -0.2) is 45.7 Å². The second-order valence-electron chi connectivity index (χ2n) is 6.74. The minimum atomic E-state index is -0.568. The fourth-order valence-corrected chi connectivity index (χ4v) is 3.47. The highest BCUT2D eigenvalue weighted by Gasteiger charge is 2.36. The van der Waals surface area contributed by atoms with Gasteiger partial charge in [0.2, 0.25) is 0 Å². The number of halogens is 1. The number of nitrogens with zero attached hydrogens (tertiary/aromatic N) is 3. The molecule has 3 heterocycles. The van der Waals surface area contributed by atoms with Crippen molar-refractivity contribution in [2.75, 3.05) is 19.7 Å². The number of fused-ring (bicyclic) bond motifs is 1. The average molecular weight is 371 g/mol. The molecule has 1 amide bonds. The maximum atomic E-state index is 13.0. The number of H-pyrrole nitrogens is 1. The number of benzene rings is 1. The van der Waals surface area contributed by atoms with E-state index in [9.17, 15) is 4.79 Å². The highest BCUT2D eigenvalue weighted by molar-refractivity contribution is 6.30. The molecule has 1 saturated heterocycles. The van der Waals surface area contributed by atoms with Crippen LogP contribution in [0.5, 0.6) is 0 Å². The number of rotatable bonds is 2. The Morgan fingerprint density at radius 1 is 1.35 bits per heavy atom. The molecule has 0 bridgehead atoms. The Bertz CT molecular complexity index is 969. The molecule has 1 aromatic carbocycles. The van der Waals surface area contributed by atoms with Gasteiger partial charge < -0.3 is 9.64 Å². The average Bonchev–Trinajstić information content (AvgIpc) is 3.02. The summed E-state index contributed by atoms with van der Waals surface area (Å²) in [4.78, 5) is 19.2. The largest absolute Gasteiger partial charge is 0.367 e. The fourth-order valence-electron chi connectivity index (χ4n) is 3.35. The van der Waals surface area contributed by atoms with Crippen LogP contribution >= 0.6 is 11.6 Å². The van der Waals surface area contributed by atoms with Crippen LogP contribution in [0.2, 0.25) is 5.02 Å². The number of carbonyl (C=O) groups excluding carboxylic acids is 1. The number of hydrogen-bond acceptors (Lipinski definition) is 4. The fraction of sp³-hybridized carbons (Fsp3) is 0.316. The molecule has 26 heavy (non-hydrogen) atoms. The van der Waals surface area contributed by atoms with Crippen molar-refractivity contribution in [3.8, 4) is 0 Å². The van der Waals surface area contributed by atoms with Crippen molar-refractivity contribution in [1.82, 2.24) is 20.1 Å². The van der Waals surface area contributed by atoms with Crippen LogP contribution in [0.1, 0.15) is 28.5 Å². The highest BCUT2D eigenvalue weighted by atomic mass is 35.5. The van der Waals surface area contributed by atoms with Crippen molar-refractivity contribution >= 4 is 28.5 Å². The Balaban J connectivity index is 1.61. The summed E-state index contributed by atoms with van der Waals surface area (Å²) in [5, 5.41) is 8.53. The van der Waals surface area contributed by atoms with E-state index in [4.69, 9.17) is 16.3 Å². The summed E-state index contributed by atoms with van der Waals surface area (Å²) in [6, 6.07) is 9.41.